The summed E-state index contributed by atoms with van der Waals surface area (Å²) >= 11 is 8.84. The Kier molecular flexibility index (Phi) is 4.24. The van der Waals surface area contributed by atoms with E-state index in [1.807, 2.05) is 0 Å². The smallest absolute Gasteiger partial charge is 0.326 e. The van der Waals surface area contributed by atoms with Crippen molar-refractivity contribution >= 4 is 45.2 Å². The third-order valence-electron chi connectivity index (χ3n) is 2.11. The van der Waals surface area contributed by atoms with Gasteiger partial charge in [-0.05, 0) is 46.3 Å². The minimum absolute atomic E-state index is 0.0353. The van der Waals surface area contributed by atoms with E-state index in [0.29, 0.717) is 15.4 Å². The molecule has 3 amide bonds. The fourth-order valence-electron chi connectivity index (χ4n) is 1.33. The lowest BCUT2D eigenvalue weighted by Gasteiger charge is -2.05. The minimum atomic E-state index is -0.667. The normalized spacial score (nSPS) is 10.0. The number of imide groups is 1. The third-order valence-corrected chi connectivity index (χ3v) is 2.77. The minimum Gasteiger partial charge on any atom is -0.444 e. The zero-order valence-corrected chi connectivity index (χ0v) is 11.8. The summed E-state index contributed by atoms with van der Waals surface area (Å²) in [6.07, 6.45) is 0. The summed E-state index contributed by atoms with van der Waals surface area (Å²) in [6.45, 7) is 0. The number of carbonyl (C=O) groups excluding carboxylic acids is 2. The van der Waals surface area contributed by atoms with Gasteiger partial charge in [-0.3, -0.25) is 10.1 Å². The second-order valence-corrected chi connectivity index (χ2v) is 4.74. The molecule has 1 heterocycles. The summed E-state index contributed by atoms with van der Waals surface area (Å²) in [5.74, 6) is -0.599. The van der Waals surface area contributed by atoms with Gasteiger partial charge < -0.3 is 9.73 Å². The predicted molar refractivity (Wildman–Crippen MR) is 74.3 cm³/mol. The maximum absolute atomic E-state index is 11.6. The summed E-state index contributed by atoms with van der Waals surface area (Å²) in [7, 11) is 0. The molecule has 0 fully saturated rings. The molecule has 0 radical (unpaired) electrons. The van der Waals surface area contributed by atoms with Gasteiger partial charge in [0.25, 0.3) is 5.91 Å². The van der Waals surface area contributed by atoms with Gasteiger partial charge in [0.05, 0.1) is 0 Å². The molecule has 0 aliphatic heterocycles. The molecule has 0 saturated carbocycles. The van der Waals surface area contributed by atoms with Crippen LogP contribution in [0.15, 0.2) is 45.5 Å². The quantitative estimate of drug-likeness (QED) is 0.874. The highest BCUT2D eigenvalue weighted by Gasteiger charge is 2.13. The van der Waals surface area contributed by atoms with E-state index in [-0.39, 0.29) is 5.76 Å². The number of amides is 3. The molecule has 0 saturated heterocycles. The molecule has 1 aromatic heterocycles. The van der Waals surface area contributed by atoms with Gasteiger partial charge in [0.1, 0.15) is 0 Å². The Balaban J connectivity index is 1.96. The summed E-state index contributed by atoms with van der Waals surface area (Å²) in [5.41, 5.74) is 0.485. The van der Waals surface area contributed by atoms with Crippen molar-refractivity contribution in [3.8, 4) is 0 Å². The lowest BCUT2D eigenvalue weighted by atomic mass is 10.3. The predicted octanol–water partition coefficient (Wildman–Crippen LogP) is 3.66. The number of hydrogen-bond donors (Lipinski definition) is 2. The molecule has 2 N–H and O–H groups in total. The van der Waals surface area contributed by atoms with E-state index >= 15 is 0 Å². The first kappa shape index (κ1) is 13.6. The molecule has 0 aliphatic carbocycles. The van der Waals surface area contributed by atoms with Crippen molar-refractivity contribution in [2.75, 3.05) is 5.32 Å². The van der Waals surface area contributed by atoms with Crippen LogP contribution in [0.2, 0.25) is 5.02 Å². The first-order chi connectivity index (χ1) is 9.04. The van der Waals surface area contributed by atoms with Crippen molar-refractivity contribution in [2.24, 2.45) is 0 Å². The molecule has 0 unspecified atom stereocenters. The molecule has 7 heteroatoms. The second kappa shape index (κ2) is 5.90. The van der Waals surface area contributed by atoms with E-state index in [4.69, 9.17) is 16.0 Å². The molecule has 5 nitrogen and oxygen atoms in total. The summed E-state index contributed by atoms with van der Waals surface area (Å²) in [4.78, 5) is 23.2. The van der Waals surface area contributed by atoms with E-state index in [9.17, 15) is 9.59 Å². The number of nitrogens with one attached hydrogen (secondary N) is 2. The van der Waals surface area contributed by atoms with Crippen LogP contribution in [-0.4, -0.2) is 11.9 Å². The van der Waals surface area contributed by atoms with Gasteiger partial charge in [-0.25, -0.2) is 4.79 Å². The zero-order chi connectivity index (χ0) is 13.8. The van der Waals surface area contributed by atoms with Crippen LogP contribution in [0.25, 0.3) is 0 Å². The highest BCUT2D eigenvalue weighted by Crippen LogP contribution is 2.15. The van der Waals surface area contributed by atoms with E-state index in [0.717, 1.165) is 0 Å². The van der Waals surface area contributed by atoms with Crippen molar-refractivity contribution < 1.29 is 14.0 Å². The highest BCUT2D eigenvalue weighted by atomic mass is 79.9. The van der Waals surface area contributed by atoms with Crippen LogP contribution in [0.3, 0.4) is 0 Å². The SMILES string of the molecule is O=C(NC(=O)c1ccc(Br)o1)Nc1cccc(Cl)c1. The lowest BCUT2D eigenvalue weighted by Crippen LogP contribution is -2.34. The fourth-order valence-corrected chi connectivity index (χ4v) is 1.83. The van der Waals surface area contributed by atoms with Crippen LogP contribution in [-0.2, 0) is 0 Å². The molecule has 0 bridgehead atoms. The van der Waals surface area contributed by atoms with Gasteiger partial charge in [-0.1, -0.05) is 17.7 Å². The average Bonchev–Trinajstić information content (AvgIpc) is 2.75. The first-order valence-electron chi connectivity index (χ1n) is 5.18. The summed E-state index contributed by atoms with van der Waals surface area (Å²) < 4.78 is 5.43. The fraction of sp³-hybridized carbons (Fsp3) is 0. The number of urea groups is 1. The van der Waals surface area contributed by atoms with Gasteiger partial charge in [0.2, 0.25) is 0 Å². The van der Waals surface area contributed by atoms with E-state index < -0.39 is 11.9 Å². The van der Waals surface area contributed by atoms with Gasteiger partial charge >= 0.3 is 6.03 Å². The standard InChI is InChI=1S/C12H8BrClN2O3/c13-10-5-4-9(19-10)11(17)16-12(18)15-8-3-1-2-7(14)6-8/h1-6H,(H2,15,16,17,18). The molecule has 2 rings (SSSR count). The average molecular weight is 344 g/mol. The van der Waals surface area contributed by atoms with Crippen molar-refractivity contribution in [1.82, 2.24) is 5.32 Å². The van der Waals surface area contributed by atoms with Crippen LogP contribution >= 0.6 is 27.5 Å². The maximum atomic E-state index is 11.6. The summed E-state index contributed by atoms with van der Waals surface area (Å²) in [5, 5.41) is 5.10. The molecule has 0 spiro atoms. The Bertz CT molecular complexity index is 627. The molecule has 98 valence electrons. The Morgan fingerprint density at radius 1 is 1.21 bits per heavy atom. The van der Waals surface area contributed by atoms with E-state index in [2.05, 4.69) is 26.6 Å². The van der Waals surface area contributed by atoms with Crippen LogP contribution in [0, 0.1) is 0 Å². The molecule has 1 aromatic carbocycles. The third kappa shape index (κ3) is 3.84. The van der Waals surface area contributed by atoms with Crippen molar-refractivity contribution in [3.05, 3.63) is 51.9 Å². The number of hydrogen-bond acceptors (Lipinski definition) is 3. The largest absolute Gasteiger partial charge is 0.444 e. The number of benzene rings is 1. The van der Waals surface area contributed by atoms with E-state index in [1.54, 1.807) is 30.3 Å². The maximum Gasteiger partial charge on any atom is 0.326 e. The zero-order valence-electron chi connectivity index (χ0n) is 9.44. The molecular formula is C12H8BrClN2O3. The monoisotopic (exact) mass is 342 g/mol. The van der Waals surface area contributed by atoms with Gasteiger partial charge in [-0.15, -0.1) is 0 Å². The van der Waals surface area contributed by atoms with Gasteiger partial charge in [0.15, 0.2) is 10.4 Å². The van der Waals surface area contributed by atoms with Crippen molar-refractivity contribution in [2.45, 2.75) is 0 Å². The van der Waals surface area contributed by atoms with Crippen molar-refractivity contribution in [3.63, 3.8) is 0 Å². The Morgan fingerprint density at radius 2 is 2.00 bits per heavy atom. The van der Waals surface area contributed by atoms with E-state index in [1.165, 1.54) is 6.07 Å². The number of carbonyl (C=O) groups is 2. The second-order valence-electron chi connectivity index (χ2n) is 3.52. The molecular weight excluding hydrogens is 336 g/mol. The Labute approximate surface area is 122 Å². The van der Waals surface area contributed by atoms with Crippen LogP contribution in [0.5, 0.6) is 0 Å². The van der Waals surface area contributed by atoms with Crippen LogP contribution in [0.1, 0.15) is 10.6 Å². The first-order valence-corrected chi connectivity index (χ1v) is 6.35. The van der Waals surface area contributed by atoms with Crippen LogP contribution in [0.4, 0.5) is 10.5 Å². The summed E-state index contributed by atoms with van der Waals surface area (Å²) in [6, 6.07) is 8.92. The number of anilines is 1. The van der Waals surface area contributed by atoms with Crippen LogP contribution < -0.4 is 10.6 Å². The number of rotatable bonds is 2. The highest BCUT2D eigenvalue weighted by molar-refractivity contribution is 9.10. The Hall–Kier alpha value is -1.79. The van der Waals surface area contributed by atoms with Gasteiger partial charge in [-0.2, -0.15) is 0 Å². The molecule has 19 heavy (non-hydrogen) atoms. The Morgan fingerprint density at radius 3 is 2.63 bits per heavy atom. The lowest BCUT2D eigenvalue weighted by molar-refractivity contribution is 0.0938. The molecule has 0 aliphatic rings. The van der Waals surface area contributed by atoms with Gasteiger partial charge in [0, 0.05) is 10.7 Å². The number of halogens is 2. The topological polar surface area (TPSA) is 71.3 Å². The molecule has 2 aromatic rings. The van der Waals surface area contributed by atoms with Crippen molar-refractivity contribution in [1.29, 1.82) is 0 Å². The molecule has 0 atom stereocenters. The number of furan rings is 1.